The van der Waals surface area contributed by atoms with Gasteiger partial charge in [0.25, 0.3) is 0 Å². The van der Waals surface area contributed by atoms with Gasteiger partial charge in [-0.05, 0) is 38.0 Å². The van der Waals surface area contributed by atoms with Crippen LogP contribution in [0.3, 0.4) is 0 Å². The van der Waals surface area contributed by atoms with Gasteiger partial charge in [-0.2, -0.15) is 0 Å². The Balaban J connectivity index is 2.40. The predicted molar refractivity (Wildman–Crippen MR) is 105 cm³/mol. The molecule has 2 N–H and O–H groups in total. The van der Waals surface area contributed by atoms with Gasteiger partial charge in [-0.15, -0.1) is 11.8 Å². The summed E-state index contributed by atoms with van der Waals surface area (Å²) in [5.74, 6) is -0.387. The molecule has 5 nitrogen and oxygen atoms in total. The topological polar surface area (TPSA) is 67.4 Å². The number of hydrogen-bond acceptors (Lipinski definition) is 4. The Labute approximate surface area is 160 Å². The van der Waals surface area contributed by atoms with Crippen LogP contribution in [0, 0.1) is 0 Å². The number of carbonyl (C=O) groups excluding carboxylic acids is 2. The van der Waals surface area contributed by atoms with Crippen LogP contribution in [0.4, 0.5) is 4.79 Å². The highest BCUT2D eigenvalue weighted by Crippen LogP contribution is 2.31. The zero-order valence-electron chi connectivity index (χ0n) is 16.1. The molecular formula is C20H28N2O3S. The minimum atomic E-state index is -0.505. The monoisotopic (exact) mass is 376 g/mol. The van der Waals surface area contributed by atoms with Crippen molar-refractivity contribution in [2.75, 3.05) is 0 Å². The van der Waals surface area contributed by atoms with Gasteiger partial charge in [0.05, 0.1) is 17.7 Å². The van der Waals surface area contributed by atoms with E-state index >= 15 is 0 Å². The molecule has 1 aromatic carbocycles. The molecule has 2 rings (SSSR count). The van der Waals surface area contributed by atoms with Crippen LogP contribution in [0.5, 0.6) is 0 Å². The first-order chi connectivity index (χ1) is 12.3. The Bertz CT molecular complexity index is 681. The Morgan fingerprint density at radius 2 is 1.85 bits per heavy atom. The molecule has 1 atom stereocenters. The van der Waals surface area contributed by atoms with E-state index < -0.39 is 6.04 Å². The number of ether oxygens (including phenoxy) is 1. The molecule has 26 heavy (non-hydrogen) atoms. The molecule has 0 saturated heterocycles. The Morgan fingerprint density at radius 1 is 1.19 bits per heavy atom. The van der Waals surface area contributed by atoms with E-state index in [4.69, 9.17) is 4.74 Å². The molecule has 142 valence electrons. The van der Waals surface area contributed by atoms with Crippen molar-refractivity contribution < 1.29 is 14.3 Å². The number of rotatable bonds is 7. The molecule has 6 heteroatoms. The number of carbonyl (C=O) groups is 2. The van der Waals surface area contributed by atoms with E-state index in [9.17, 15) is 9.59 Å². The zero-order valence-corrected chi connectivity index (χ0v) is 16.9. The highest BCUT2D eigenvalue weighted by Gasteiger charge is 2.33. The van der Waals surface area contributed by atoms with Crippen LogP contribution in [0.1, 0.15) is 59.1 Å². The second-order valence-electron chi connectivity index (χ2n) is 6.86. The zero-order chi connectivity index (χ0) is 19.3. The Hall–Kier alpha value is -1.95. The normalized spacial score (nSPS) is 17.3. The van der Waals surface area contributed by atoms with E-state index in [1.54, 1.807) is 11.8 Å². The first-order valence-electron chi connectivity index (χ1n) is 9.10. The molecule has 0 bridgehead atoms. The minimum absolute atomic E-state index is 0.221. The summed E-state index contributed by atoms with van der Waals surface area (Å²) in [7, 11) is 0. The average molecular weight is 377 g/mol. The number of nitrogens with one attached hydrogen (secondary N) is 2. The molecule has 0 radical (unpaired) electrons. The fraction of sp³-hybridized carbons (Fsp3) is 0.500. The van der Waals surface area contributed by atoms with Gasteiger partial charge in [0.15, 0.2) is 0 Å². The van der Waals surface area contributed by atoms with Crippen molar-refractivity contribution in [3.8, 4) is 0 Å². The van der Waals surface area contributed by atoms with Crippen LogP contribution in [0.2, 0.25) is 0 Å². The van der Waals surface area contributed by atoms with Gasteiger partial charge in [-0.3, -0.25) is 0 Å². The van der Waals surface area contributed by atoms with E-state index in [0.717, 1.165) is 16.9 Å². The van der Waals surface area contributed by atoms with E-state index in [2.05, 4.69) is 24.5 Å². The van der Waals surface area contributed by atoms with E-state index in [1.165, 1.54) is 0 Å². The number of benzene rings is 1. The third kappa shape index (κ3) is 5.27. The maximum Gasteiger partial charge on any atom is 0.338 e. The van der Waals surface area contributed by atoms with Gasteiger partial charge < -0.3 is 15.4 Å². The second kappa shape index (κ2) is 9.12. The third-order valence-electron chi connectivity index (χ3n) is 3.80. The minimum Gasteiger partial charge on any atom is -0.459 e. The van der Waals surface area contributed by atoms with Crippen LogP contribution in [-0.4, -0.2) is 23.4 Å². The van der Waals surface area contributed by atoms with Crippen molar-refractivity contribution in [3.05, 3.63) is 41.1 Å². The number of amides is 2. The third-order valence-corrected chi connectivity index (χ3v) is 4.82. The van der Waals surface area contributed by atoms with Crippen LogP contribution < -0.4 is 10.6 Å². The summed E-state index contributed by atoms with van der Waals surface area (Å²) in [6.07, 6.45) is 1.22. The van der Waals surface area contributed by atoms with Crippen LogP contribution in [-0.2, 0) is 9.53 Å². The van der Waals surface area contributed by atoms with Crippen molar-refractivity contribution >= 4 is 23.8 Å². The summed E-state index contributed by atoms with van der Waals surface area (Å²) in [5.41, 5.74) is 2.01. The molecule has 0 spiro atoms. The smallest absolute Gasteiger partial charge is 0.338 e. The van der Waals surface area contributed by atoms with Gasteiger partial charge in [0.1, 0.15) is 0 Å². The first kappa shape index (κ1) is 20.4. The number of urea groups is 1. The molecule has 1 aliphatic heterocycles. The van der Waals surface area contributed by atoms with Crippen molar-refractivity contribution in [2.45, 2.75) is 69.8 Å². The molecular weight excluding hydrogens is 348 g/mol. The average Bonchev–Trinajstić information content (AvgIpc) is 2.54. The van der Waals surface area contributed by atoms with Gasteiger partial charge in [0, 0.05) is 15.8 Å². The predicted octanol–water partition coefficient (Wildman–Crippen LogP) is 4.55. The van der Waals surface area contributed by atoms with Crippen molar-refractivity contribution in [1.82, 2.24) is 10.6 Å². The summed E-state index contributed by atoms with van der Waals surface area (Å²) in [5, 5.41) is 6.15. The van der Waals surface area contributed by atoms with Crippen molar-refractivity contribution in [2.24, 2.45) is 0 Å². The fourth-order valence-electron chi connectivity index (χ4n) is 2.84. The Morgan fingerprint density at radius 3 is 2.38 bits per heavy atom. The SMILES string of the molecule is CCCC1=C(C(=O)OC(C)C)C(c2ccc(SC(C)C)cc2)NC(=O)N1. The Kier molecular flexibility index (Phi) is 7.14. The van der Waals surface area contributed by atoms with Gasteiger partial charge >= 0.3 is 12.0 Å². The summed E-state index contributed by atoms with van der Waals surface area (Å²) in [4.78, 5) is 26.0. The van der Waals surface area contributed by atoms with Crippen LogP contribution in [0.25, 0.3) is 0 Å². The summed E-state index contributed by atoms with van der Waals surface area (Å²) in [6, 6.07) is 7.19. The summed E-state index contributed by atoms with van der Waals surface area (Å²) < 4.78 is 5.44. The molecule has 0 aliphatic carbocycles. The standard InChI is InChI=1S/C20H28N2O3S/c1-6-7-16-17(19(23)25-12(2)3)18(22-20(24)21-16)14-8-10-15(11-9-14)26-13(4)5/h8-13,18H,6-7H2,1-5H3,(H2,21,22,24). The molecule has 2 amide bonds. The lowest BCUT2D eigenvalue weighted by molar-refractivity contribution is -0.143. The molecule has 0 aromatic heterocycles. The molecule has 1 aromatic rings. The number of thioether (sulfide) groups is 1. The highest BCUT2D eigenvalue weighted by atomic mass is 32.2. The fourth-order valence-corrected chi connectivity index (χ4v) is 3.68. The number of allylic oxidation sites excluding steroid dienone is 1. The molecule has 1 aliphatic rings. The lowest BCUT2D eigenvalue weighted by atomic mass is 9.94. The van der Waals surface area contributed by atoms with Crippen molar-refractivity contribution in [1.29, 1.82) is 0 Å². The van der Waals surface area contributed by atoms with Gasteiger partial charge in [-0.1, -0.05) is 39.3 Å². The first-order valence-corrected chi connectivity index (χ1v) is 9.98. The lowest BCUT2D eigenvalue weighted by Gasteiger charge is -2.30. The van der Waals surface area contributed by atoms with Crippen LogP contribution >= 0.6 is 11.8 Å². The maximum absolute atomic E-state index is 12.7. The largest absolute Gasteiger partial charge is 0.459 e. The van der Waals surface area contributed by atoms with Crippen molar-refractivity contribution in [3.63, 3.8) is 0 Å². The molecule has 0 saturated carbocycles. The second-order valence-corrected chi connectivity index (χ2v) is 8.51. The molecule has 1 heterocycles. The lowest BCUT2D eigenvalue weighted by Crippen LogP contribution is -2.46. The van der Waals surface area contributed by atoms with Crippen LogP contribution in [0.15, 0.2) is 40.4 Å². The van der Waals surface area contributed by atoms with Gasteiger partial charge in [-0.25, -0.2) is 9.59 Å². The van der Waals surface area contributed by atoms with E-state index in [0.29, 0.717) is 22.9 Å². The molecule has 1 unspecified atom stereocenters. The van der Waals surface area contributed by atoms with E-state index in [-0.39, 0.29) is 18.1 Å². The highest BCUT2D eigenvalue weighted by molar-refractivity contribution is 7.99. The quantitative estimate of drug-likeness (QED) is 0.541. The van der Waals surface area contributed by atoms with E-state index in [1.807, 2.05) is 45.0 Å². The van der Waals surface area contributed by atoms with Gasteiger partial charge in [0.2, 0.25) is 0 Å². The molecule has 0 fully saturated rings. The summed E-state index contributed by atoms with van der Waals surface area (Å²) in [6.45, 7) is 9.94. The number of hydrogen-bond donors (Lipinski definition) is 2. The maximum atomic E-state index is 12.7. The number of esters is 1. The summed E-state index contributed by atoms with van der Waals surface area (Å²) >= 11 is 1.78.